The minimum Gasteiger partial charge on any atom is -0.493 e. The number of hydrogen-bond donors (Lipinski definition) is 4. The van der Waals surface area contributed by atoms with Crippen LogP contribution in [-0.2, 0) is 11.3 Å². The van der Waals surface area contributed by atoms with Gasteiger partial charge in [-0.2, -0.15) is 0 Å². The first-order valence-electron chi connectivity index (χ1n) is 9.39. The number of ether oxygens (including phenoxy) is 2. The molecule has 0 spiro atoms. The number of benzene rings is 2. The number of amides is 2. The Morgan fingerprint density at radius 1 is 1.00 bits per heavy atom. The van der Waals surface area contributed by atoms with Gasteiger partial charge >= 0.3 is 0 Å². The number of halogens is 1. The average Bonchev–Trinajstić information content (AvgIpc) is 2.76. The molecule has 168 valence electrons. The lowest BCUT2D eigenvalue weighted by molar-refractivity contribution is -0.117. The van der Waals surface area contributed by atoms with Gasteiger partial charge in [-0.3, -0.25) is 9.59 Å². The fourth-order valence-corrected chi connectivity index (χ4v) is 2.56. The Morgan fingerprint density at radius 3 is 2.26 bits per heavy atom. The van der Waals surface area contributed by atoms with Crippen LogP contribution in [0.4, 0.5) is 5.69 Å². The molecule has 0 unspecified atom stereocenters. The van der Waals surface area contributed by atoms with E-state index in [-0.39, 0.29) is 36.4 Å². The van der Waals surface area contributed by atoms with E-state index in [1.807, 2.05) is 37.3 Å². The third kappa shape index (κ3) is 8.32. The number of nitrogens with zero attached hydrogens (tertiary/aromatic N) is 1. The van der Waals surface area contributed by atoms with Gasteiger partial charge in [0.1, 0.15) is 0 Å². The van der Waals surface area contributed by atoms with Crippen molar-refractivity contribution >= 4 is 47.4 Å². The van der Waals surface area contributed by atoms with Crippen molar-refractivity contribution in [2.45, 2.75) is 13.5 Å². The molecule has 0 heterocycles. The van der Waals surface area contributed by atoms with Gasteiger partial charge in [0.25, 0.3) is 5.91 Å². The lowest BCUT2D eigenvalue weighted by atomic mass is 10.1. The van der Waals surface area contributed by atoms with Crippen molar-refractivity contribution in [3.05, 3.63) is 53.6 Å². The van der Waals surface area contributed by atoms with Crippen LogP contribution in [0, 0.1) is 0 Å². The third-order valence-corrected chi connectivity index (χ3v) is 4.05. The van der Waals surface area contributed by atoms with E-state index in [4.69, 9.17) is 15.2 Å². The zero-order valence-corrected chi connectivity index (χ0v) is 20.1. The maximum atomic E-state index is 11.9. The maximum absolute atomic E-state index is 11.9. The summed E-state index contributed by atoms with van der Waals surface area (Å²) in [5.41, 5.74) is 7.19. The average molecular weight is 541 g/mol. The smallest absolute Gasteiger partial charge is 0.251 e. The van der Waals surface area contributed by atoms with Gasteiger partial charge in [0, 0.05) is 23.9 Å². The summed E-state index contributed by atoms with van der Waals surface area (Å²) in [6.07, 6.45) is 0. The molecule has 0 aliphatic carbocycles. The van der Waals surface area contributed by atoms with E-state index in [0.29, 0.717) is 36.1 Å². The molecule has 2 aromatic rings. The first-order chi connectivity index (χ1) is 14.5. The van der Waals surface area contributed by atoms with Crippen molar-refractivity contribution in [2.24, 2.45) is 10.7 Å². The van der Waals surface area contributed by atoms with E-state index in [9.17, 15) is 9.59 Å². The lowest BCUT2D eigenvalue weighted by Gasteiger charge is -2.14. The third-order valence-electron chi connectivity index (χ3n) is 4.05. The van der Waals surface area contributed by atoms with Gasteiger partial charge < -0.3 is 31.2 Å². The van der Waals surface area contributed by atoms with Crippen LogP contribution < -0.4 is 31.2 Å². The number of carbonyl (C=O) groups excluding carboxylic acids is 2. The zero-order valence-electron chi connectivity index (χ0n) is 17.7. The van der Waals surface area contributed by atoms with Crippen molar-refractivity contribution < 1.29 is 19.1 Å². The number of nitrogens with one attached hydrogen (secondary N) is 3. The van der Waals surface area contributed by atoms with Crippen LogP contribution in [0.2, 0.25) is 0 Å². The summed E-state index contributed by atoms with van der Waals surface area (Å²) >= 11 is 0. The lowest BCUT2D eigenvalue weighted by Crippen LogP contribution is -2.33. The quantitative estimate of drug-likeness (QED) is 0.219. The Labute approximate surface area is 198 Å². The normalized spacial score (nSPS) is 10.5. The summed E-state index contributed by atoms with van der Waals surface area (Å²) in [6, 6.07) is 12.5. The Balaban J connectivity index is 0.00000480. The van der Waals surface area contributed by atoms with Crippen molar-refractivity contribution in [2.75, 3.05) is 32.6 Å². The zero-order chi connectivity index (χ0) is 21.9. The molecule has 0 fully saturated rings. The standard InChI is InChI=1S/C21H27N5O4.HI/c1-4-23-21(26-16-9-10-17(29-2)18(11-16)30-3)25-12-14-5-7-15(8-6-14)20(28)24-13-19(22)27;/h5-11H,4,12-13H2,1-3H3,(H2,22,27)(H,24,28)(H2,23,25,26);1H. The minimum absolute atomic E-state index is 0. The maximum Gasteiger partial charge on any atom is 0.251 e. The van der Waals surface area contributed by atoms with Gasteiger partial charge in [-0.25, -0.2) is 4.99 Å². The molecule has 0 radical (unpaired) electrons. The number of guanidine groups is 1. The molecule has 0 atom stereocenters. The van der Waals surface area contributed by atoms with E-state index in [1.165, 1.54) is 0 Å². The minimum atomic E-state index is -0.591. The summed E-state index contributed by atoms with van der Waals surface area (Å²) < 4.78 is 10.6. The molecule has 0 saturated carbocycles. The number of anilines is 1. The Morgan fingerprint density at radius 2 is 1.68 bits per heavy atom. The predicted molar refractivity (Wildman–Crippen MR) is 131 cm³/mol. The molecular formula is C21H28IN5O4. The number of aliphatic imine (C=N–C) groups is 1. The second-order valence-corrected chi connectivity index (χ2v) is 6.24. The molecular weight excluding hydrogens is 513 g/mol. The predicted octanol–water partition coefficient (Wildman–Crippen LogP) is 2.11. The Kier molecular flexibility index (Phi) is 11.2. The van der Waals surface area contributed by atoms with E-state index in [2.05, 4.69) is 20.9 Å². The van der Waals surface area contributed by atoms with Crippen LogP contribution in [-0.4, -0.2) is 45.1 Å². The first kappa shape index (κ1) is 26.0. The van der Waals surface area contributed by atoms with E-state index >= 15 is 0 Å². The molecule has 31 heavy (non-hydrogen) atoms. The number of nitrogens with two attached hydrogens (primary N) is 1. The molecule has 5 N–H and O–H groups in total. The summed E-state index contributed by atoms with van der Waals surface area (Å²) in [5.74, 6) is 0.918. The van der Waals surface area contributed by atoms with Crippen molar-refractivity contribution in [3.63, 3.8) is 0 Å². The van der Waals surface area contributed by atoms with Crippen LogP contribution in [0.1, 0.15) is 22.8 Å². The fraction of sp³-hybridized carbons (Fsp3) is 0.286. The molecule has 0 aliphatic heterocycles. The number of hydrogen-bond acceptors (Lipinski definition) is 5. The van der Waals surface area contributed by atoms with E-state index in [0.717, 1.165) is 11.3 Å². The van der Waals surface area contributed by atoms with E-state index < -0.39 is 5.91 Å². The molecule has 0 bridgehead atoms. The number of primary amides is 1. The van der Waals surface area contributed by atoms with Crippen LogP contribution >= 0.6 is 24.0 Å². The van der Waals surface area contributed by atoms with Crippen molar-refractivity contribution in [1.29, 1.82) is 0 Å². The van der Waals surface area contributed by atoms with Gasteiger partial charge in [-0.1, -0.05) is 12.1 Å². The summed E-state index contributed by atoms with van der Waals surface area (Å²) in [6.45, 7) is 2.88. The Hall–Kier alpha value is -3.02. The second-order valence-electron chi connectivity index (χ2n) is 6.24. The highest BCUT2D eigenvalue weighted by atomic mass is 127. The molecule has 0 aromatic heterocycles. The van der Waals surface area contributed by atoms with E-state index in [1.54, 1.807) is 26.4 Å². The number of rotatable bonds is 9. The monoisotopic (exact) mass is 541 g/mol. The molecule has 10 heteroatoms. The van der Waals surface area contributed by atoms with Crippen LogP contribution in [0.5, 0.6) is 11.5 Å². The largest absolute Gasteiger partial charge is 0.493 e. The SMILES string of the molecule is CCNC(=NCc1ccc(C(=O)NCC(N)=O)cc1)Nc1ccc(OC)c(OC)c1.I. The second kappa shape index (κ2) is 13.3. The van der Waals surface area contributed by atoms with Gasteiger partial charge in [0.05, 0.1) is 27.3 Å². The molecule has 0 aliphatic rings. The summed E-state index contributed by atoms with van der Waals surface area (Å²) in [5, 5.41) is 8.86. The summed E-state index contributed by atoms with van der Waals surface area (Å²) in [4.78, 5) is 27.3. The highest BCUT2D eigenvalue weighted by Gasteiger charge is 2.08. The van der Waals surface area contributed by atoms with Gasteiger partial charge in [0.2, 0.25) is 5.91 Å². The van der Waals surface area contributed by atoms with Gasteiger partial charge in [0.15, 0.2) is 17.5 Å². The van der Waals surface area contributed by atoms with Crippen LogP contribution in [0.3, 0.4) is 0 Å². The fourth-order valence-electron chi connectivity index (χ4n) is 2.56. The molecule has 0 saturated heterocycles. The van der Waals surface area contributed by atoms with Crippen LogP contribution in [0.25, 0.3) is 0 Å². The molecule has 2 rings (SSSR count). The molecule has 2 aromatic carbocycles. The van der Waals surface area contributed by atoms with Gasteiger partial charge in [-0.05, 0) is 36.8 Å². The highest BCUT2D eigenvalue weighted by Crippen LogP contribution is 2.29. The van der Waals surface area contributed by atoms with Crippen molar-refractivity contribution in [3.8, 4) is 11.5 Å². The molecule has 9 nitrogen and oxygen atoms in total. The number of methoxy groups -OCH3 is 2. The summed E-state index contributed by atoms with van der Waals surface area (Å²) in [7, 11) is 3.17. The topological polar surface area (TPSA) is 127 Å². The highest BCUT2D eigenvalue weighted by molar-refractivity contribution is 14.0. The Bertz CT molecular complexity index is 903. The number of carbonyl (C=O) groups is 2. The van der Waals surface area contributed by atoms with Crippen molar-refractivity contribution in [1.82, 2.24) is 10.6 Å². The van der Waals surface area contributed by atoms with Gasteiger partial charge in [-0.15, -0.1) is 24.0 Å². The first-order valence-corrected chi connectivity index (χ1v) is 9.39. The van der Waals surface area contributed by atoms with Crippen LogP contribution in [0.15, 0.2) is 47.5 Å². The molecule has 2 amide bonds.